The van der Waals surface area contributed by atoms with Gasteiger partial charge in [0, 0.05) is 20.0 Å². The molecule has 0 N–H and O–H groups in total. The monoisotopic (exact) mass is 247 g/mol. The predicted octanol–water partition coefficient (Wildman–Crippen LogP) is 2.80. The van der Waals surface area contributed by atoms with Gasteiger partial charge in [0.2, 0.25) is 5.91 Å². The zero-order chi connectivity index (χ0) is 13.4. The number of benzene rings is 1. The van der Waals surface area contributed by atoms with Crippen LogP contribution in [0.5, 0.6) is 5.75 Å². The maximum atomic E-state index is 11.3. The Morgan fingerprint density at radius 3 is 2.89 bits per heavy atom. The van der Waals surface area contributed by atoms with E-state index in [9.17, 15) is 4.79 Å². The molecule has 0 aliphatic rings. The first-order valence-corrected chi connectivity index (χ1v) is 6.19. The number of carbonyl (C=O) groups excluding carboxylic acids is 1. The molecule has 1 aromatic carbocycles. The second-order valence-electron chi connectivity index (χ2n) is 4.27. The van der Waals surface area contributed by atoms with Crippen molar-refractivity contribution in [3.8, 4) is 5.75 Å². The first-order valence-electron chi connectivity index (χ1n) is 6.19. The summed E-state index contributed by atoms with van der Waals surface area (Å²) in [7, 11) is 0. The van der Waals surface area contributed by atoms with Gasteiger partial charge in [0.05, 0.1) is 6.61 Å². The molecule has 0 radical (unpaired) electrons. The average molecular weight is 247 g/mol. The molecular weight excluding hydrogens is 226 g/mol. The number of hydrogen-bond acceptors (Lipinski definition) is 2. The molecule has 1 amide bonds. The van der Waals surface area contributed by atoms with Crippen LogP contribution in [0.4, 0.5) is 0 Å². The third kappa shape index (κ3) is 5.04. The van der Waals surface area contributed by atoms with Crippen molar-refractivity contribution in [3.05, 3.63) is 42.5 Å². The molecule has 0 aromatic heterocycles. The van der Waals surface area contributed by atoms with Crippen LogP contribution in [-0.4, -0.2) is 30.5 Å². The molecule has 0 heterocycles. The Morgan fingerprint density at radius 1 is 1.50 bits per heavy atom. The molecule has 18 heavy (non-hydrogen) atoms. The fourth-order valence-electron chi connectivity index (χ4n) is 1.68. The third-order valence-electron chi connectivity index (χ3n) is 2.63. The van der Waals surface area contributed by atoms with Crippen LogP contribution >= 0.6 is 0 Å². The number of carbonyl (C=O) groups is 1. The molecule has 1 rings (SSSR count). The second-order valence-corrected chi connectivity index (χ2v) is 4.27. The normalized spacial score (nSPS) is 9.89. The van der Waals surface area contributed by atoms with E-state index >= 15 is 0 Å². The summed E-state index contributed by atoms with van der Waals surface area (Å²) < 4.78 is 5.63. The fourth-order valence-corrected chi connectivity index (χ4v) is 1.68. The molecule has 0 atom stereocenters. The molecular formula is C15H21NO2. The van der Waals surface area contributed by atoms with E-state index < -0.39 is 0 Å². The van der Waals surface area contributed by atoms with Crippen molar-refractivity contribution < 1.29 is 9.53 Å². The second kappa shape index (κ2) is 7.54. The zero-order valence-corrected chi connectivity index (χ0v) is 11.2. The summed E-state index contributed by atoms with van der Waals surface area (Å²) in [4.78, 5) is 13.0. The molecule has 0 saturated carbocycles. The fraction of sp³-hybridized carbons (Fsp3) is 0.400. The van der Waals surface area contributed by atoms with Gasteiger partial charge in [-0.15, -0.1) is 6.58 Å². The number of rotatable bonds is 7. The minimum absolute atomic E-state index is 0.0745. The highest BCUT2D eigenvalue weighted by molar-refractivity contribution is 5.73. The van der Waals surface area contributed by atoms with Crippen molar-refractivity contribution in [2.45, 2.75) is 20.3 Å². The van der Waals surface area contributed by atoms with Crippen LogP contribution in [0.1, 0.15) is 18.9 Å². The van der Waals surface area contributed by atoms with E-state index in [1.54, 1.807) is 17.9 Å². The van der Waals surface area contributed by atoms with Gasteiger partial charge in [-0.2, -0.15) is 0 Å². The molecule has 0 saturated heterocycles. The first-order chi connectivity index (χ1) is 8.63. The van der Waals surface area contributed by atoms with E-state index in [1.807, 2.05) is 31.2 Å². The standard InChI is InChI=1S/C15H21NO2/c1-4-9-16(14(3)17)10-6-11-18-15-8-5-7-13(2)12-15/h4-5,7-8,12H,1,6,9-11H2,2-3H3. The minimum atomic E-state index is 0.0745. The summed E-state index contributed by atoms with van der Waals surface area (Å²) in [5.41, 5.74) is 1.18. The van der Waals surface area contributed by atoms with Gasteiger partial charge in [0.25, 0.3) is 0 Å². The van der Waals surface area contributed by atoms with E-state index in [2.05, 4.69) is 6.58 Å². The van der Waals surface area contributed by atoms with E-state index in [0.717, 1.165) is 12.2 Å². The topological polar surface area (TPSA) is 29.5 Å². The van der Waals surface area contributed by atoms with Gasteiger partial charge < -0.3 is 9.64 Å². The minimum Gasteiger partial charge on any atom is -0.494 e. The Bertz CT molecular complexity index is 401. The van der Waals surface area contributed by atoms with Crippen molar-refractivity contribution in [2.24, 2.45) is 0 Å². The number of nitrogens with zero attached hydrogens (tertiary/aromatic N) is 1. The summed E-state index contributed by atoms with van der Waals surface area (Å²) in [6, 6.07) is 7.96. The average Bonchev–Trinajstić information content (AvgIpc) is 2.33. The van der Waals surface area contributed by atoms with Gasteiger partial charge in [-0.3, -0.25) is 4.79 Å². The van der Waals surface area contributed by atoms with Crippen molar-refractivity contribution in [3.63, 3.8) is 0 Å². The maximum absolute atomic E-state index is 11.3. The van der Waals surface area contributed by atoms with Gasteiger partial charge in [-0.25, -0.2) is 0 Å². The smallest absolute Gasteiger partial charge is 0.219 e. The predicted molar refractivity (Wildman–Crippen MR) is 73.7 cm³/mol. The third-order valence-corrected chi connectivity index (χ3v) is 2.63. The zero-order valence-electron chi connectivity index (χ0n) is 11.2. The summed E-state index contributed by atoms with van der Waals surface area (Å²) >= 11 is 0. The largest absolute Gasteiger partial charge is 0.494 e. The summed E-state index contributed by atoms with van der Waals surface area (Å²) in [6.07, 6.45) is 2.56. The highest BCUT2D eigenvalue weighted by Gasteiger charge is 2.05. The van der Waals surface area contributed by atoms with Gasteiger partial charge in [0.1, 0.15) is 5.75 Å². The van der Waals surface area contributed by atoms with Crippen LogP contribution in [0.15, 0.2) is 36.9 Å². The van der Waals surface area contributed by atoms with Crippen molar-refractivity contribution in [2.75, 3.05) is 19.7 Å². The van der Waals surface area contributed by atoms with E-state index in [4.69, 9.17) is 4.74 Å². The van der Waals surface area contributed by atoms with Crippen molar-refractivity contribution in [1.29, 1.82) is 0 Å². The van der Waals surface area contributed by atoms with Gasteiger partial charge in [-0.05, 0) is 31.0 Å². The number of aryl methyl sites for hydroxylation is 1. The van der Waals surface area contributed by atoms with Crippen LogP contribution in [0.2, 0.25) is 0 Å². The Hall–Kier alpha value is -1.77. The van der Waals surface area contributed by atoms with Crippen LogP contribution in [0, 0.1) is 6.92 Å². The Balaban J connectivity index is 2.29. The molecule has 1 aromatic rings. The molecule has 3 heteroatoms. The van der Waals surface area contributed by atoms with Gasteiger partial charge in [0.15, 0.2) is 0 Å². The van der Waals surface area contributed by atoms with Crippen molar-refractivity contribution >= 4 is 5.91 Å². The quantitative estimate of drug-likeness (QED) is 0.547. The molecule has 0 fully saturated rings. The van der Waals surface area contributed by atoms with E-state index in [1.165, 1.54) is 5.56 Å². The molecule has 98 valence electrons. The van der Waals surface area contributed by atoms with E-state index in [0.29, 0.717) is 19.7 Å². The maximum Gasteiger partial charge on any atom is 0.219 e. The highest BCUT2D eigenvalue weighted by atomic mass is 16.5. The lowest BCUT2D eigenvalue weighted by Crippen LogP contribution is -2.30. The van der Waals surface area contributed by atoms with Crippen molar-refractivity contribution in [1.82, 2.24) is 4.90 Å². The highest BCUT2D eigenvalue weighted by Crippen LogP contribution is 2.12. The first kappa shape index (κ1) is 14.3. The van der Waals surface area contributed by atoms with Crippen LogP contribution < -0.4 is 4.74 Å². The van der Waals surface area contributed by atoms with Crippen LogP contribution in [0.3, 0.4) is 0 Å². The molecule has 3 nitrogen and oxygen atoms in total. The van der Waals surface area contributed by atoms with Gasteiger partial charge >= 0.3 is 0 Å². The number of hydrogen-bond donors (Lipinski definition) is 0. The molecule has 0 spiro atoms. The number of ether oxygens (including phenoxy) is 1. The van der Waals surface area contributed by atoms with Crippen LogP contribution in [-0.2, 0) is 4.79 Å². The molecule has 0 unspecified atom stereocenters. The molecule has 0 aliphatic carbocycles. The molecule has 0 aliphatic heterocycles. The lowest BCUT2D eigenvalue weighted by molar-refractivity contribution is -0.128. The Morgan fingerprint density at radius 2 is 2.28 bits per heavy atom. The van der Waals surface area contributed by atoms with Gasteiger partial charge in [-0.1, -0.05) is 18.2 Å². The summed E-state index contributed by atoms with van der Waals surface area (Å²) in [5.74, 6) is 0.957. The lowest BCUT2D eigenvalue weighted by Gasteiger charge is -2.19. The van der Waals surface area contributed by atoms with E-state index in [-0.39, 0.29) is 5.91 Å². The Kier molecular flexibility index (Phi) is 5.98. The molecule has 0 bridgehead atoms. The lowest BCUT2D eigenvalue weighted by atomic mass is 10.2. The Labute approximate surface area is 109 Å². The van der Waals surface area contributed by atoms with Crippen LogP contribution in [0.25, 0.3) is 0 Å². The number of amides is 1. The SMILES string of the molecule is C=CCN(CCCOc1cccc(C)c1)C(C)=O. The summed E-state index contributed by atoms with van der Waals surface area (Å²) in [5, 5.41) is 0. The summed E-state index contributed by atoms with van der Waals surface area (Å²) in [6.45, 7) is 9.17.